The number of nitro groups is 1. The Labute approximate surface area is 179 Å². The summed E-state index contributed by atoms with van der Waals surface area (Å²) in [5.74, 6) is -0.111. The molecule has 0 aliphatic carbocycles. The van der Waals surface area contributed by atoms with Crippen molar-refractivity contribution in [1.29, 1.82) is 0 Å². The number of aliphatic hydroxyl groups is 1. The summed E-state index contributed by atoms with van der Waals surface area (Å²) >= 11 is 7.82. The fourth-order valence-electron chi connectivity index (χ4n) is 2.60. The molecular formula is C19H15ClN2O5S2. The molecule has 1 N–H and O–H groups in total. The lowest BCUT2D eigenvalue weighted by atomic mass is 10.1. The van der Waals surface area contributed by atoms with Crippen LogP contribution in [0.5, 0.6) is 0 Å². The minimum Gasteiger partial charge on any atom is -0.396 e. The highest BCUT2D eigenvalue weighted by Crippen LogP contribution is 2.35. The average molecular weight is 451 g/mol. The molecule has 0 unspecified atom stereocenters. The van der Waals surface area contributed by atoms with Crippen LogP contribution in [0.3, 0.4) is 0 Å². The van der Waals surface area contributed by atoms with Gasteiger partial charge in [-0.2, -0.15) is 0 Å². The van der Waals surface area contributed by atoms with Gasteiger partial charge in [-0.3, -0.25) is 24.6 Å². The van der Waals surface area contributed by atoms with Crippen LogP contribution in [0.2, 0.25) is 5.02 Å². The van der Waals surface area contributed by atoms with Crippen molar-refractivity contribution in [2.75, 3.05) is 12.4 Å². The van der Waals surface area contributed by atoms with Gasteiger partial charge in [-0.05, 0) is 47.2 Å². The molecule has 2 aromatic rings. The minimum atomic E-state index is -0.511. The quantitative estimate of drug-likeness (QED) is 0.285. The molecule has 0 aromatic heterocycles. The Hall–Kier alpha value is -2.33. The van der Waals surface area contributed by atoms with E-state index in [1.165, 1.54) is 23.9 Å². The van der Waals surface area contributed by atoms with Crippen LogP contribution in [-0.4, -0.2) is 38.4 Å². The van der Waals surface area contributed by atoms with Crippen LogP contribution in [0.25, 0.3) is 6.08 Å². The first-order chi connectivity index (χ1) is 13.9. The van der Waals surface area contributed by atoms with E-state index in [0.717, 1.165) is 22.2 Å². The molecule has 150 valence electrons. The predicted molar refractivity (Wildman–Crippen MR) is 114 cm³/mol. The number of rotatable bonds is 7. The molecule has 29 heavy (non-hydrogen) atoms. The van der Waals surface area contributed by atoms with Gasteiger partial charge in [-0.25, -0.2) is 0 Å². The van der Waals surface area contributed by atoms with Crippen molar-refractivity contribution in [3.63, 3.8) is 0 Å². The van der Waals surface area contributed by atoms with E-state index in [4.69, 9.17) is 16.7 Å². The number of amides is 2. The van der Waals surface area contributed by atoms with E-state index in [9.17, 15) is 19.7 Å². The van der Waals surface area contributed by atoms with Crippen LogP contribution >= 0.6 is 35.1 Å². The Kier molecular flexibility index (Phi) is 6.96. The van der Waals surface area contributed by atoms with E-state index < -0.39 is 16.1 Å². The number of thioether (sulfide) groups is 2. The first-order valence-corrected chi connectivity index (χ1v) is 10.6. The summed E-state index contributed by atoms with van der Waals surface area (Å²) in [4.78, 5) is 37.5. The molecule has 0 saturated carbocycles. The number of benzene rings is 2. The number of carbonyl (C=O) groups is 2. The molecule has 3 rings (SSSR count). The molecule has 1 heterocycles. The van der Waals surface area contributed by atoms with Crippen LogP contribution in [0.1, 0.15) is 11.1 Å². The van der Waals surface area contributed by atoms with Gasteiger partial charge in [0.05, 0.1) is 27.9 Å². The highest BCUT2D eigenvalue weighted by Gasteiger charge is 2.35. The SMILES string of the molecule is O=C1S/C(=C\c2ccc(SCCO)c([N+](=O)[O-])c2)C(=O)N1Cc1ccc(Cl)cc1. The molecule has 0 radical (unpaired) electrons. The van der Waals surface area contributed by atoms with Crippen molar-refractivity contribution in [1.82, 2.24) is 4.90 Å². The molecule has 1 fully saturated rings. The van der Waals surface area contributed by atoms with Gasteiger partial charge in [0, 0.05) is 16.8 Å². The number of halogens is 1. The van der Waals surface area contributed by atoms with Gasteiger partial charge in [0.15, 0.2) is 0 Å². The van der Waals surface area contributed by atoms with Crippen molar-refractivity contribution in [2.24, 2.45) is 0 Å². The lowest BCUT2D eigenvalue weighted by Gasteiger charge is -2.12. The van der Waals surface area contributed by atoms with Gasteiger partial charge in [0.25, 0.3) is 16.8 Å². The summed E-state index contributed by atoms with van der Waals surface area (Å²) in [5.41, 5.74) is 1.10. The molecular weight excluding hydrogens is 436 g/mol. The Bertz CT molecular complexity index is 995. The maximum Gasteiger partial charge on any atom is 0.293 e. The van der Waals surface area contributed by atoms with Gasteiger partial charge in [-0.15, -0.1) is 11.8 Å². The van der Waals surface area contributed by atoms with Crippen LogP contribution < -0.4 is 0 Å². The Morgan fingerprint density at radius 1 is 1.21 bits per heavy atom. The molecule has 10 heteroatoms. The maximum absolute atomic E-state index is 12.6. The van der Waals surface area contributed by atoms with Crippen molar-refractivity contribution < 1.29 is 19.6 Å². The lowest BCUT2D eigenvalue weighted by Crippen LogP contribution is -2.27. The average Bonchev–Trinajstić information content (AvgIpc) is 2.95. The molecule has 1 aliphatic rings. The standard InChI is InChI=1S/C19H15ClN2O5S2/c20-14-4-1-12(2-5-14)11-21-18(24)17(29-19(21)25)10-13-3-6-16(28-8-7-23)15(9-13)22(26)27/h1-6,9-10,23H,7-8,11H2/b17-10-. The van der Waals surface area contributed by atoms with E-state index in [-0.39, 0.29) is 23.7 Å². The second-order valence-electron chi connectivity index (χ2n) is 5.95. The zero-order valence-corrected chi connectivity index (χ0v) is 17.3. The van der Waals surface area contributed by atoms with E-state index in [0.29, 0.717) is 21.2 Å². The third-order valence-corrected chi connectivity index (χ3v) is 6.16. The summed E-state index contributed by atoms with van der Waals surface area (Å²) in [7, 11) is 0. The summed E-state index contributed by atoms with van der Waals surface area (Å²) < 4.78 is 0. The number of nitrogens with zero attached hydrogens (tertiary/aromatic N) is 2. The van der Waals surface area contributed by atoms with Crippen molar-refractivity contribution >= 4 is 58.0 Å². The second kappa shape index (κ2) is 9.45. The number of nitro benzene ring substituents is 1. The number of hydrogen-bond donors (Lipinski definition) is 1. The van der Waals surface area contributed by atoms with E-state index in [2.05, 4.69) is 0 Å². The molecule has 0 atom stereocenters. The molecule has 0 bridgehead atoms. The summed E-state index contributed by atoms with van der Waals surface area (Å²) in [5, 5.41) is 20.4. The van der Waals surface area contributed by atoms with Gasteiger partial charge >= 0.3 is 0 Å². The molecule has 7 nitrogen and oxygen atoms in total. The van der Waals surface area contributed by atoms with Crippen molar-refractivity contribution in [2.45, 2.75) is 11.4 Å². The summed E-state index contributed by atoms with van der Waals surface area (Å²) in [6.07, 6.45) is 1.47. The Morgan fingerprint density at radius 2 is 1.93 bits per heavy atom. The highest BCUT2D eigenvalue weighted by atomic mass is 35.5. The molecule has 2 amide bonds. The second-order valence-corrected chi connectivity index (χ2v) is 8.52. The van der Waals surface area contributed by atoms with E-state index in [1.807, 2.05) is 0 Å². The molecule has 1 saturated heterocycles. The van der Waals surface area contributed by atoms with Gasteiger partial charge in [0.2, 0.25) is 0 Å². The zero-order chi connectivity index (χ0) is 21.0. The van der Waals surface area contributed by atoms with Crippen LogP contribution in [0, 0.1) is 10.1 Å². The largest absolute Gasteiger partial charge is 0.396 e. The molecule has 1 aliphatic heterocycles. The molecule has 2 aromatic carbocycles. The fraction of sp³-hybridized carbons (Fsp3) is 0.158. The third kappa shape index (κ3) is 5.18. The Morgan fingerprint density at radius 3 is 2.59 bits per heavy atom. The lowest BCUT2D eigenvalue weighted by molar-refractivity contribution is -0.387. The fourth-order valence-corrected chi connectivity index (χ4v) is 4.33. The third-order valence-electron chi connectivity index (χ3n) is 3.95. The zero-order valence-electron chi connectivity index (χ0n) is 14.9. The van der Waals surface area contributed by atoms with Gasteiger partial charge in [0.1, 0.15) is 0 Å². The topological polar surface area (TPSA) is 101 Å². The van der Waals surface area contributed by atoms with Gasteiger partial charge < -0.3 is 5.11 Å². The first-order valence-electron chi connectivity index (χ1n) is 8.41. The predicted octanol–water partition coefficient (Wildman–Crippen LogP) is 4.57. The maximum atomic E-state index is 12.6. The van der Waals surface area contributed by atoms with Gasteiger partial charge in [-0.1, -0.05) is 29.8 Å². The normalized spacial score (nSPS) is 15.4. The number of imide groups is 1. The van der Waals surface area contributed by atoms with Crippen molar-refractivity contribution in [3.8, 4) is 0 Å². The van der Waals surface area contributed by atoms with Crippen LogP contribution in [0.4, 0.5) is 10.5 Å². The monoisotopic (exact) mass is 450 g/mol. The number of aliphatic hydroxyl groups excluding tert-OH is 1. The Balaban J connectivity index is 1.82. The molecule has 0 spiro atoms. The first kappa shape index (κ1) is 21.4. The summed E-state index contributed by atoms with van der Waals surface area (Å²) in [6, 6.07) is 11.4. The van der Waals surface area contributed by atoms with Crippen LogP contribution in [-0.2, 0) is 11.3 Å². The van der Waals surface area contributed by atoms with Crippen LogP contribution in [0.15, 0.2) is 52.3 Å². The number of carbonyl (C=O) groups excluding carboxylic acids is 2. The van der Waals surface area contributed by atoms with Crippen molar-refractivity contribution in [3.05, 3.63) is 73.6 Å². The smallest absolute Gasteiger partial charge is 0.293 e. The minimum absolute atomic E-state index is 0.0929. The summed E-state index contributed by atoms with van der Waals surface area (Å²) in [6.45, 7) is 0.0282. The van der Waals surface area contributed by atoms with E-state index >= 15 is 0 Å². The van der Waals surface area contributed by atoms with E-state index in [1.54, 1.807) is 36.4 Å². The number of hydrogen-bond acceptors (Lipinski definition) is 7. The highest BCUT2D eigenvalue weighted by molar-refractivity contribution is 8.18.